The molecule has 0 spiro atoms. The van der Waals surface area contributed by atoms with Crippen LogP contribution in [0.5, 0.6) is 0 Å². The molecule has 0 saturated heterocycles. The van der Waals surface area contributed by atoms with Gasteiger partial charge in [0.05, 0.1) is 11.8 Å². The maximum absolute atomic E-state index is 11.2. The third-order valence-electron chi connectivity index (χ3n) is 2.56. The normalized spacial score (nSPS) is 14.7. The van der Waals surface area contributed by atoms with E-state index < -0.39 is 0 Å². The molecule has 0 fully saturated rings. The molecule has 84 valence electrons. The fourth-order valence-electron chi connectivity index (χ4n) is 1.26. The number of aryl methyl sites for hydroxylation is 1. The Morgan fingerprint density at radius 1 is 1.40 bits per heavy atom. The summed E-state index contributed by atoms with van der Waals surface area (Å²) in [5.74, 6) is 0. The van der Waals surface area contributed by atoms with Gasteiger partial charge in [0.15, 0.2) is 0 Å². The average molecular weight is 210 g/mol. The van der Waals surface area contributed by atoms with Gasteiger partial charge in [-0.05, 0) is 19.9 Å². The quantitative estimate of drug-likeness (QED) is 0.812. The number of nitrogens with zero attached hydrogens (tertiary/aromatic N) is 1. The fraction of sp³-hybridized carbons (Fsp3) is 0.545. The predicted octanol–water partition coefficient (Wildman–Crippen LogP) is 1.22. The van der Waals surface area contributed by atoms with E-state index in [4.69, 9.17) is 4.74 Å². The van der Waals surface area contributed by atoms with Crippen LogP contribution in [-0.2, 0) is 11.8 Å². The lowest BCUT2D eigenvalue weighted by Crippen LogP contribution is -2.30. The Kier molecular flexibility index (Phi) is 3.91. The van der Waals surface area contributed by atoms with Gasteiger partial charge in [-0.1, -0.05) is 0 Å². The van der Waals surface area contributed by atoms with Crippen LogP contribution in [0.25, 0.3) is 0 Å². The highest BCUT2D eigenvalue weighted by Crippen LogP contribution is 2.08. The number of rotatable bonds is 4. The van der Waals surface area contributed by atoms with Crippen molar-refractivity contribution in [1.29, 1.82) is 0 Å². The number of nitrogens with one attached hydrogen (secondary N) is 1. The molecule has 1 aromatic heterocycles. The molecule has 1 rings (SSSR count). The summed E-state index contributed by atoms with van der Waals surface area (Å²) < 4.78 is 6.76. The Morgan fingerprint density at radius 3 is 2.60 bits per heavy atom. The summed E-state index contributed by atoms with van der Waals surface area (Å²) in [7, 11) is 3.42. The Hall–Kier alpha value is -1.29. The van der Waals surface area contributed by atoms with Gasteiger partial charge in [-0.15, -0.1) is 0 Å². The lowest BCUT2D eigenvalue weighted by molar-refractivity contribution is 0.106. The summed E-state index contributed by atoms with van der Waals surface area (Å²) in [5.41, 5.74) is 0.918. The van der Waals surface area contributed by atoms with E-state index in [2.05, 4.69) is 5.32 Å². The van der Waals surface area contributed by atoms with Crippen molar-refractivity contribution in [3.8, 4) is 0 Å². The van der Waals surface area contributed by atoms with E-state index in [1.165, 1.54) is 0 Å². The number of ether oxygens (including phenoxy) is 1. The largest absolute Gasteiger partial charge is 0.380 e. The minimum Gasteiger partial charge on any atom is -0.380 e. The second kappa shape index (κ2) is 4.98. The lowest BCUT2D eigenvalue weighted by atomic mass is 10.2. The monoisotopic (exact) mass is 210 g/mol. The molecular formula is C11H18N2O2. The van der Waals surface area contributed by atoms with Crippen molar-refractivity contribution in [3.63, 3.8) is 0 Å². The molecule has 2 unspecified atom stereocenters. The zero-order valence-electron chi connectivity index (χ0n) is 9.65. The maximum atomic E-state index is 11.2. The molecule has 4 nitrogen and oxygen atoms in total. The molecule has 4 heteroatoms. The molecule has 0 radical (unpaired) electrons. The Bertz CT molecular complexity index is 373. The van der Waals surface area contributed by atoms with E-state index in [0.29, 0.717) is 0 Å². The van der Waals surface area contributed by atoms with E-state index in [9.17, 15) is 4.79 Å². The summed E-state index contributed by atoms with van der Waals surface area (Å²) in [6, 6.07) is 3.53. The van der Waals surface area contributed by atoms with Crippen LogP contribution in [0.15, 0.2) is 23.1 Å². The summed E-state index contributed by atoms with van der Waals surface area (Å²) in [6.45, 7) is 4.04. The van der Waals surface area contributed by atoms with Gasteiger partial charge in [-0.3, -0.25) is 4.79 Å². The minimum absolute atomic E-state index is 0.00649. The maximum Gasteiger partial charge on any atom is 0.250 e. The van der Waals surface area contributed by atoms with Gasteiger partial charge in [0.2, 0.25) is 5.56 Å². The van der Waals surface area contributed by atoms with Crippen molar-refractivity contribution in [2.24, 2.45) is 7.05 Å². The van der Waals surface area contributed by atoms with Crippen molar-refractivity contribution in [2.45, 2.75) is 26.0 Å². The van der Waals surface area contributed by atoms with Crippen molar-refractivity contribution in [2.75, 3.05) is 12.4 Å². The third kappa shape index (κ3) is 3.09. The Balaban J connectivity index is 2.73. The molecule has 0 bridgehead atoms. The zero-order chi connectivity index (χ0) is 11.4. The second-order valence-electron chi connectivity index (χ2n) is 3.74. The molecule has 0 aromatic carbocycles. The van der Waals surface area contributed by atoms with E-state index in [0.717, 1.165) is 5.69 Å². The van der Waals surface area contributed by atoms with Crippen LogP contribution >= 0.6 is 0 Å². The minimum atomic E-state index is -0.00649. The van der Waals surface area contributed by atoms with E-state index in [1.54, 1.807) is 37.1 Å². The predicted molar refractivity (Wildman–Crippen MR) is 61.2 cm³/mol. The number of aromatic nitrogens is 1. The van der Waals surface area contributed by atoms with E-state index >= 15 is 0 Å². The molecule has 2 atom stereocenters. The first-order valence-electron chi connectivity index (χ1n) is 5.00. The van der Waals surface area contributed by atoms with Crippen LogP contribution in [0.4, 0.5) is 5.69 Å². The molecule has 0 amide bonds. The average Bonchev–Trinajstić information content (AvgIpc) is 2.22. The Labute approximate surface area is 89.9 Å². The summed E-state index contributed by atoms with van der Waals surface area (Å²) in [5, 5.41) is 3.28. The highest BCUT2D eigenvalue weighted by molar-refractivity contribution is 5.41. The standard InChI is InChI=1S/C11H18N2O2/c1-8(9(2)15-4)12-10-5-6-11(14)13(3)7-10/h5-9,12H,1-4H3. The first-order chi connectivity index (χ1) is 7.04. The lowest BCUT2D eigenvalue weighted by Gasteiger charge is -2.21. The van der Waals surface area contributed by atoms with Crippen LogP contribution in [0.3, 0.4) is 0 Å². The van der Waals surface area contributed by atoms with Gasteiger partial charge in [0.25, 0.3) is 0 Å². The molecule has 1 heterocycles. The first kappa shape index (κ1) is 11.8. The fourth-order valence-corrected chi connectivity index (χ4v) is 1.26. The van der Waals surface area contributed by atoms with Crippen LogP contribution in [0.1, 0.15) is 13.8 Å². The van der Waals surface area contributed by atoms with Crippen molar-refractivity contribution < 1.29 is 4.74 Å². The first-order valence-corrected chi connectivity index (χ1v) is 5.00. The SMILES string of the molecule is COC(C)C(C)Nc1ccc(=O)n(C)c1. The van der Waals surface area contributed by atoms with Crippen LogP contribution < -0.4 is 10.9 Å². The molecule has 0 saturated carbocycles. The van der Waals surface area contributed by atoms with Crippen molar-refractivity contribution >= 4 is 5.69 Å². The van der Waals surface area contributed by atoms with Crippen LogP contribution in [0.2, 0.25) is 0 Å². The summed E-state index contributed by atoms with van der Waals surface area (Å²) in [4.78, 5) is 11.2. The van der Waals surface area contributed by atoms with Gasteiger partial charge in [0, 0.05) is 32.5 Å². The third-order valence-corrected chi connectivity index (χ3v) is 2.56. The van der Waals surface area contributed by atoms with Gasteiger partial charge in [-0.25, -0.2) is 0 Å². The number of methoxy groups -OCH3 is 1. The van der Waals surface area contributed by atoms with Crippen LogP contribution in [-0.4, -0.2) is 23.8 Å². The van der Waals surface area contributed by atoms with Gasteiger partial charge in [-0.2, -0.15) is 0 Å². The number of pyridine rings is 1. The second-order valence-corrected chi connectivity index (χ2v) is 3.74. The van der Waals surface area contributed by atoms with E-state index in [-0.39, 0.29) is 17.7 Å². The molecule has 15 heavy (non-hydrogen) atoms. The number of anilines is 1. The van der Waals surface area contributed by atoms with Crippen LogP contribution in [0, 0.1) is 0 Å². The molecular weight excluding hydrogens is 192 g/mol. The number of hydrogen-bond acceptors (Lipinski definition) is 3. The zero-order valence-corrected chi connectivity index (χ0v) is 9.65. The molecule has 1 N–H and O–H groups in total. The molecule has 0 aliphatic heterocycles. The van der Waals surface area contributed by atoms with Gasteiger partial charge < -0.3 is 14.6 Å². The van der Waals surface area contributed by atoms with Crippen molar-refractivity contribution in [3.05, 3.63) is 28.7 Å². The Morgan fingerprint density at radius 2 is 2.07 bits per heavy atom. The van der Waals surface area contributed by atoms with Crippen molar-refractivity contribution in [1.82, 2.24) is 4.57 Å². The summed E-state index contributed by atoms with van der Waals surface area (Å²) in [6.07, 6.45) is 1.91. The highest BCUT2D eigenvalue weighted by Gasteiger charge is 2.10. The molecule has 0 aliphatic rings. The number of hydrogen-bond donors (Lipinski definition) is 1. The van der Waals surface area contributed by atoms with Gasteiger partial charge >= 0.3 is 0 Å². The van der Waals surface area contributed by atoms with E-state index in [1.807, 2.05) is 13.8 Å². The summed E-state index contributed by atoms with van der Waals surface area (Å²) >= 11 is 0. The highest BCUT2D eigenvalue weighted by atomic mass is 16.5. The topological polar surface area (TPSA) is 43.3 Å². The molecule has 1 aromatic rings. The van der Waals surface area contributed by atoms with Gasteiger partial charge in [0.1, 0.15) is 0 Å². The smallest absolute Gasteiger partial charge is 0.250 e. The molecule has 0 aliphatic carbocycles.